The Morgan fingerprint density at radius 2 is 2.25 bits per heavy atom. The van der Waals surface area contributed by atoms with Crippen LogP contribution in [0, 0.1) is 11.8 Å². The lowest BCUT2D eigenvalue weighted by Crippen LogP contribution is -2.47. The maximum Gasteiger partial charge on any atom is 0.255 e. The highest BCUT2D eigenvalue weighted by Crippen LogP contribution is 2.53. The van der Waals surface area contributed by atoms with Crippen molar-refractivity contribution in [3.8, 4) is 0 Å². The van der Waals surface area contributed by atoms with Crippen LogP contribution < -0.4 is 0 Å². The number of likely N-dealkylation sites (tertiary alicyclic amines) is 1. The first-order chi connectivity index (χ1) is 5.49. The molecule has 1 unspecified atom stereocenters. The van der Waals surface area contributed by atoms with Gasteiger partial charge in [0.05, 0.1) is 0 Å². The molecule has 0 aromatic carbocycles. The summed E-state index contributed by atoms with van der Waals surface area (Å²) in [5, 5.41) is 10.1. The van der Waals surface area contributed by atoms with E-state index in [2.05, 4.69) is 0 Å². The van der Waals surface area contributed by atoms with Gasteiger partial charge in [-0.1, -0.05) is 13.8 Å². The molecule has 2 rings (SSSR count). The summed E-state index contributed by atoms with van der Waals surface area (Å²) in [7, 11) is 1.79. The van der Waals surface area contributed by atoms with Gasteiger partial charge < -0.3 is 10.0 Å². The lowest BCUT2D eigenvalue weighted by atomic mass is 9.86. The van der Waals surface area contributed by atoms with Gasteiger partial charge in [0.25, 0.3) is 5.91 Å². The monoisotopic (exact) mass is 169 g/mol. The SMILES string of the molecule is CC(C)[C@]1(O)C(=O)N(C)[C@@H]2CC21. The molecule has 2 aliphatic rings. The maximum absolute atomic E-state index is 11.6. The first-order valence-electron chi connectivity index (χ1n) is 4.49. The van der Waals surface area contributed by atoms with Crippen LogP contribution in [-0.4, -0.2) is 34.6 Å². The minimum atomic E-state index is -1.06. The Bertz CT molecular complexity index is 239. The summed E-state index contributed by atoms with van der Waals surface area (Å²) in [6.45, 7) is 3.82. The summed E-state index contributed by atoms with van der Waals surface area (Å²) in [4.78, 5) is 13.3. The normalized spacial score (nSPS) is 45.4. The van der Waals surface area contributed by atoms with E-state index in [1.807, 2.05) is 13.8 Å². The molecule has 3 nitrogen and oxygen atoms in total. The Labute approximate surface area is 72.4 Å². The standard InChI is InChI=1S/C9H15NO2/c1-5(2)9(12)6-4-7(6)10(3)8(9)11/h5-7,12H,4H2,1-3H3/t6?,7-,9-/m1/s1. The van der Waals surface area contributed by atoms with Crippen molar-refractivity contribution in [1.82, 2.24) is 4.90 Å². The van der Waals surface area contributed by atoms with Crippen molar-refractivity contribution in [2.75, 3.05) is 7.05 Å². The Hall–Kier alpha value is -0.570. The summed E-state index contributed by atoms with van der Waals surface area (Å²) in [6, 6.07) is 0.324. The van der Waals surface area contributed by atoms with Gasteiger partial charge in [-0.25, -0.2) is 0 Å². The molecule has 0 radical (unpaired) electrons. The quantitative estimate of drug-likeness (QED) is 0.610. The molecular formula is C9H15NO2. The van der Waals surface area contributed by atoms with E-state index < -0.39 is 5.60 Å². The van der Waals surface area contributed by atoms with Crippen molar-refractivity contribution in [1.29, 1.82) is 0 Å². The summed E-state index contributed by atoms with van der Waals surface area (Å²) in [5.74, 6) is 0.152. The number of amides is 1. The largest absolute Gasteiger partial charge is 0.379 e. The third-order valence-corrected chi connectivity index (χ3v) is 3.36. The van der Waals surface area contributed by atoms with Crippen LogP contribution in [0.3, 0.4) is 0 Å². The molecule has 1 aliphatic carbocycles. The first-order valence-corrected chi connectivity index (χ1v) is 4.49. The zero-order chi connectivity index (χ0) is 9.09. The molecule has 1 amide bonds. The van der Waals surface area contributed by atoms with Gasteiger partial charge in [0, 0.05) is 19.0 Å². The molecule has 0 aromatic heterocycles. The summed E-state index contributed by atoms with van der Waals surface area (Å²) >= 11 is 0. The summed E-state index contributed by atoms with van der Waals surface area (Å²) in [5.41, 5.74) is -1.06. The second-order valence-electron chi connectivity index (χ2n) is 4.31. The van der Waals surface area contributed by atoms with Gasteiger partial charge in [0.15, 0.2) is 0 Å². The Morgan fingerprint density at radius 3 is 2.50 bits per heavy atom. The average Bonchev–Trinajstić information content (AvgIpc) is 2.74. The number of piperidine rings is 1. The zero-order valence-corrected chi connectivity index (χ0v) is 7.74. The highest BCUT2D eigenvalue weighted by molar-refractivity contribution is 5.90. The predicted molar refractivity (Wildman–Crippen MR) is 44.5 cm³/mol. The molecule has 0 spiro atoms. The second kappa shape index (κ2) is 2.02. The van der Waals surface area contributed by atoms with E-state index in [0.29, 0.717) is 6.04 Å². The number of carbonyl (C=O) groups is 1. The molecule has 2 fully saturated rings. The highest BCUT2D eigenvalue weighted by Gasteiger charge is 2.67. The smallest absolute Gasteiger partial charge is 0.255 e. The van der Waals surface area contributed by atoms with Crippen molar-refractivity contribution >= 4 is 5.91 Å². The van der Waals surface area contributed by atoms with Gasteiger partial charge in [-0.3, -0.25) is 4.79 Å². The fourth-order valence-electron chi connectivity index (χ4n) is 2.35. The topological polar surface area (TPSA) is 40.5 Å². The number of likely N-dealkylation sites (N-methyl/N-ethyl adjacent to an activating group) is 1. The average molecular weight is 169 g/mol. The molecule has 1 saturated heterocycles. The van der Waals surface area contributed by atoms with Crippen LogP contribution in [0.25, 0.3) is 0 Å². The molecule has 1 heterocycles. The molecule has 0 bridgehead atoms. The van der Waals surface area contributed by atoms with Crippen LogP contribution in [0.4, 0.5) is 0 Å². The molecule has 3 heteroatoms. The summed E-state index contributed by atoms with van der Waals surface area (Å²) < 4.78 is 0. The van der Waals surface area contributed by atoms with Crippen molar-refractivity contribution in [3.63, 3.8) is 0 Å². The summed E-state index contributed by atoms with van der Waals surface area (Å²) in [6.07, 6.45) is 0.983. The number of nitrogens with zero attached hydrogens (tertiary/aromatic N) is 1. The van der Waals surface area contributed by atoms with Crippen LogP contribution in [0.5, 0.6) is 0 Å². The molecule has 0 aromatic rings. The van der Waals surface area contributed by atoms with E-state index in [-0.39, 0.29) is 17.7 Å². The van der Waals surface area contributed by atoms with Crippen molar-refractivity contribution in [2.45, 2.75) is 31.9 Å². The van der Waals surface area contributed by atoms with E-state index in [1.165, 1.54) is 0 Å². The molecule has 1 saturated carbocycles. The van der Waals surface area contributed by atoms with E-state index in [4.69, 9.17) is 0 Å². The molecule has 1 N–H and O–H groups in total. The van der Waals surface area contributed by atoms with E-state index >= 15 is 0 Å². The third kappa shape index (κ3) is 0.678. The number of hydrogen-bond acceptors (Lipinski definition) is 2. The van der Waals surface area contributed by atoms with E-state index in [9.17, 15) is 9.90 Å². The number of carbonyl (C=O) groups excluding carboxylic acids is 1. The van der Waals surface area contributed by atoms with Crippen LogP contribution in [0.1, 0.15) is 20.3 Å². The lowest BCUT2D eigenvalue weighted by Gasteiger charge is -2.28. The van der Waals surface area contributed by atoms with E-state index in [1.54, 1.807) is 11.9 Å². The van der Waals surface area contributed by atoms with Gasteiger partial charge in [-0.15, -0.1) is 0 Å². The fraction of sp³-hybridized carbons (Fsp3) is 0.889. The van der Waals surface area contributed by atoms with Gasteiger partial charge in [0.2, 0.25) is 0 Å². The lowest BCUT2D eigenvalue weighted by molar-refractivity contribution is -0.150. The van der Waals surface area contributed by atoms with Gasteiger partial charge >= 0.3 is 0 Å². The van der Waals surface area contributed by atoms with Crippen molar-refractivity contribution in [3.05, 3.63) is 0 Å². The molecule has 12 heavy (non-hydrogen) atoms. The van der Waals surface area contributed by atoms with E-state index in [0.717, 1.165) is 6.42 Å². The number of hydrogen-bond donors (Lipinski definition) is 1. The second-order valence-corrected chi connectivity index (χ2v) is 4.31. The third-order valence-electron chi connectivity index (χ3n) is 3.36. The van der Waals surface area contributed by atoms with Gasteiger partial charge in [0.1, 0.15) is 5.60 Å². The number of fused-ring (bicyclic) bond motifs is 1. The molecular weight excluding hydrogens is 154 g/mol. The molecule has 68 valence electrons. The van der Waals surface area contributed by atoms with Crippen molar-refractivity contribution < 1.29 is 9.90 Å². The number of rotatable bonds is 1. The Kier molecular flexibility index (Phi) is 1.35. The fourth-order valence-corrected chi connectivity index (χ4v) is 2.35. The Balaban J connectivity index is 2.32. The van der Waals surface area contributed by atoms with Crippen LogP contribution in [0.15, 0.2) is 0 Å². The first kappa shape index (κ1) is 8.05. The predicted octanol–water partition coefficient (Wildman–Crippen LogP) is 0.234. The minimum Gasteiger partial charge on any atom is -0.379 e. The van der Waals surface area contributed by atoms with Crippen LogP contribution >= 0.6 is 0 Å². The van der Waals surface area contributed by atoms with Crippen molar-refractivity contribution in [2.24, 2.45) is 11.8 Å². The highest BCUT2D eigenvalue weighted by atomic mass is 16.3. The van der Waals surface area contributed by atoms with Gasteiger partial charge in [-0.2, -0.15) is 0 Å². The number of aliphatic hydroxyl groups is 1. The zero-order valence-electron chi connectivity index (χ0n) is 7.74. The van der Waals surface area contributed by atoms with Crippen LogP contribution in [0.2, 0.25) is 0 Å². The maximum atomic E-state index is 11.6. The molecule has 1 aliphatic heterocycles. The Morgan fingerprint density at radius 1 is 1.67 bits per heavy atom. The molecule has 3 atom stereocenters. The van der Waals surface area contributed by atoms with Gasteiger partial charge in [-0.05, 0) is 12.3 Å². The van der Waals surface area contributed by atoms with Crippen LogP contribution in [-0.2, 0) is 4.79 Å². The minimum absolute atomic E-state index is 0.0324.